The molecule has 0 N–H and O–H groups in total. The first-order valence-corrected chi connectivity index (χ1v) is 8.99. The Morgan fingerprint density at radius 3 is 2.24 bits per heavy atom. The van der Waals surface area contributed by atoms with Crippen LogP contribution in [0.25, 0.3) is 0 Å². The van der Waals surface area contributed by atoms with E-state index in [1.54, 1.807) is 0 Å². The highest BCUT2D eigenvalue weighted by atomic mass is 15.2. The van der Waals surface area contributed by atoms with Gasteiger partial charge in [0, 0.05) is 24.2 Å². The summed E-state index contributed by atoms with van der Waals surface area (Å²) in [7, 11) is 0. The van der Waals surface area contributed by atoms with Crippen molar-refractivity contribution in [2.75, 3.05) is 18.0 Å². The van der Waals surface area contributed by atoms with Crippen LogP contribution in [0.2, 0.25) is 0 Å². The predicted octanol–water partition coefficient (Wildman–Crippen LogP) is 5.92. The lowest BCUT2D eigenvalue weighted by Gasteiger charge is -2.22. The van der Waals surface area contributed by atoms with Crippen LogP contribution in [0.5, 0.6) is 0 Å². The Bertz CT molecular complexity index is 422. The lowest BCUT2D eigenvalue weighted by atomic mass is 9.87. The van der Waals surface area contributed by atoms with Gasteiger partial charge in [-0.2, -0.15) is 0 Å². The molecule has 1 heteroatoms. The van der Waals surface area contributed by atoms with E-state index >= 15 is 0 Å². The molecule has 1 heterocycles. The number of para-hydroxylation sites is 1. The first kappa shape index (κ1) is 16.4. The molecule has 21 heavy (non-hydrogen) atoms. The normalized spacial score (nSPS) is 16.2. The average molecular weight is 287 g/mol. The van der Waals surface area contributed by atoms with Gasteiger partial charge in [0.25, 0.3) is 0 Å². The van der Waals surface area contributed by atoms with E-state index in [9.17, 15) is 0 Å². The first-order chi connectivity index (χ1) is 10.1. The molecule has 1 aliphatic heterocycles. The molecular weight excluding hydrogens is 254 g/mol. The zero-order valence-corrected chi connectivity index (χ0v) is 14.3. The fraction of sp³-hybridized carbons (Fsp3) is 0.700. The van der Waals surface area contributed by atoms with E-state index in [1.165, 1.54) is 75.7 Å². The molecule has 1 nitrogen and oxygen atoms in total. The minimum Gasteiger partial charge on any atom is -0.370 e. The summed E-state index contributed by atoms with van der Waals surface area (Å²) in [6.07, 6.45) is 11.2. The third-order valence-corrected chi connectivity index (χ3v) is 4.84. The Kier molecular flexibility index (Phi) is 6.14. The molecule has 1 aromatic carbocycles. The monoisotopic (exact) mass is 287 g/mol. The van der Waals surface area contributed by atoms with Gasteiger partial charge in [0.2, 0.25) is 0 Å². The largest absolute Gasteiger partial charge is 0.370 e. The van der Waals surface area contributed by atoms with Crippen LogP contribution in [0.3, 0.4) is 0 Å². The Labute approximate surface area is 131 Å². The van der Waals surface area contributed by atoms with Gasteiger partial charge in [-0.05, 0) is 18.1 Å². The number of anilines is 1. The van der Waals surface area contributed by atoms with Gasteiger partial charge >= 0.3 is 0 Å². The summed E-state index contributed by atoms with van der Waals surface area (Å²) in [6, 6.07) is 8.97. The molecule has 118 valence electrons. The highest BCUT2D eigenvalue weighted by Crippen LogP contribution is 2.40. The number of hydrogen-bond acceptors (Lipinski definition) is 1. The third-order valence-electron chi connectivity index (χ3n) is 4.84. The van der Waals surface area contributed by atoms with Crippen LogP contribution in [0.15, 0.2) is 24.3 Å². The fourth-order valence-electron chi connectivity index (χ4n) is 3.61. The smallest absolute Gasteiger partial charge is 0.0405 e. The first-order valence-electron chi connectivity index (χ1n) is 8.99. The lowest BCUT2D eigenvalue weighted by Crippen LogP contribution is -2.29. The minimum atomic E-state index is 0.316. The molecule has 0 atom stereocenters. The molecule has 0 aliphatic carbocycles. The van der Waals surface area contributed by atoms with Gasteiger partial charge in [0.1, 0.15) is 0 Å². The van der Waals surface area contributed by atoms with Crippen molar-refractivity contribution in [1.82, 2.24) is 0 Å². The van der Waals surface area contributed by atoms with E-state index in [1.807, 2.05) is 0 Å². The van der Waals surface area contributed by atoms with Crippen LogP contribution in [0, 0.1) is 0 Å². The Balaban J connectivity index is 1.68. The van der Waals surface area contributed by atoms with Crippen molar-refractivity contribution in [3.8, 4) is 0 Å². The van der Waals surface area contributed by atoms with Gasteiger partial charge in [-0.25, -0.2) is 0 Å². The van der Waals surface area contributed by atoms with Crippen LogP contribution in [0.4, 0.5) is 5.69 Å². The van der Waals surface area contributed by atoms with Crippen LogP contribution < -0.4 is 4.90 Å². The predicted molar refractivity (Wildman–Crippen MR) is 94.3 cm³/mol. The zero-order chi connectivity index (χ0) is 15.1. The minimum absolute atomic E-state index is 0.316. The summed E-state index contributed by atoms with van der Waals surface area (Å²) in [6.45, 7) is 9.45. The highest BCUT2D eigenvalue weighted by Gasteiger charge is 2.33. The van der Waals surface area contributed by atoms with E-state index < -0.39 is 0 Å². The van der Waals surface area contributed by atoms with E-state index in [-0.39, 0.29) is 0 Å². The van der Waals surface area contributed by atoms with Gasteiger partial charge in [-0.3, -0.25) is 0 Å². The summed E-state index contributed by atoms with van der Waals surface area (Å²) in [5.74, 6) is 0. The maximum Gasteiger partial charge on any atom is 0.0405 e. The third kappa shape index (κ3) is 4.49. The quantitative estimate of drug-likeness (QED) is 0.509. The zero-order valence-electron chi connectivity index (χ0n) is 14.3. The molecule has 0 aromatic heterocycles. The Morgan fingerprint density at radius 2 is 1.52 bits per heavy atom. The standard InChI is InChI=1S/C20H33N/c1-4-5-6-7-8-9-10-13-16-21-17-20(2,3)18-14-11-12-15-19(18)21/h11-12,14-15H,4-10,13,16-17H2,1-3H3. The van der Waals surface area contributed by atoms with Gasteiger partial charge in [0.15, 0.2) is 0 Å². The molecule has 1 aromatic rings. The topological polar surface area (TPSA) is 3.24 Å². The van der Waals surface area contributed by atoms with E-state index in [0.29, 0.717) is 5.41 Å². The van der Waals surface area contributed by atoms with Crippen LogP contribution in [-0.2, 0) is 5.41 Å². The summed E-state index contributed by atoms with van der Waals surface area (Å²) in [4.78, 5) is 2.60. The molecular formula is C20H33N. The number of hydrogen-bond donors (Lipinski definition) is 0. The number of nitrogens with zero attached hydrogens (tertiary/aromatic N) is 1. The van der Waals surface area contributed by atoms with Crippen LogP contribution in [-0.4, -0.2) is 13.1 Å². The van der Waals surface area contributed by atoms with E-state index in [4.69, 9.17) is 0 Å². The van der Waals surface area contributed by atoms with E-state index in [2.05, 4.69) is 49.9 Å². The molecule has 0 unspecified atom stereocenters. The second-order valence-corrected chi connectivity index (χ2v) is 7.30. The summed E-state index contributed by atoms with van der Waals surface area (Å²) in [5, 5.41) is 0. The van der Waals surface area contributed by atoms with Crippen molar-refractivity contribution in [3.63, 3.8) is 0 Å². The van der Waals surface area contributed by atoms with Crippen molar-refractivity contribution in [1.29, 1.82) is 0 Å². The van der Waals surface area contributed by atoms with Gasteiger partial charge in [0.05, 0.1) is 0 Å². The van der Waals surface area contributed by atoms with E-state index in [0.717, 1.165) is 0 Å². The summed E-state index contributed by atoms with van der Waals surface area (Å²) in [5.41, 5.74) is 3.33. The summed E-state index contributed by atoms with van der Waals surface area (Å²) < 4.78 is 0. The van der Waals surface area contributed by atoms with Crippen molar-refractivity contribution < 1.29 is 0 Å². The maximum atomic E-state index is 2.60. The van der Waals surface area contributed by atoms with Gasteiger partial charge < -0.3 is 4.90 Å². The molecule has 0 fully saturated rings. The molecule has 0 saturated carbocycles. The van der Waals surface area contributed by atoms with Gasteiger partial charge in [-0.1, -0.05) is 83.9 Å². The highest BCUT2D eigenvalue weighted by molar-refractivity contribution is 5.61. The molecule has 0 bridgehead atoms. The van der Waals surface area contributed by atoms with Crippen molar-refractivity contribution in [2.24, 2.45) is 0 Å². The Morgan fingerprint density at radius 1 is 0.905 bits per heavy atom. The second kappa shape index (κ2) is 7.87. The number of unbranched alkanes of at least 4 members (excludes halogenated alkanes) is 7. The van der Waals surface area contributed by atoms with Crippen LogP contribution in [0.1, 0.15) is 77.7 Å². The number of fused-ring (bicyclic) bond motifs is 1. The molecule has 0 amide bonds. The lowest BCUT2D eigenvalue weighted by molar-refractivity contribution is 0.533. The molecule has 0 radical (unpaired) electrons. The van der Waals surface area contributed by atoms with Crippen molar-refractivity contribution >= 4 is 5.69 Å². The average Bonchev–Trinajstić information content (AvgIpc) is 2.74. The molecule has 2 rings (SSSR count). The van der Waals surface area contributed by atoms with Gasteiger partial charge in [-0.15, -0.1) is 0 Å². The Hall–Kier alpha value is -0.980. The SMILES string of the molecule is CCCCCCCCCCN1CC(C)(C)c2ccccc21. The maximum absolute atomic E-state index is 2.60. The molecule has 1 aliphatic rings. The molecule has 0 spiro atoms. The fourth-order valence-corrected chi connectivity index (χ4v) is 3.61. The second-order valence-electron chi connectivity index (χ2n) is 7.30. The number of benzene rings is 1. The summed E-state index contributed by atoms with van der Waals surface area (Å²) >= 11 is 0. The van der Waals surface area contributed by atoms with Crippen molar-refractivity contribution in [3.05, 3.63) is 29.8 Å². The number of rotatable bonds is 9. The van der Waals surface area contributed by atoms with Crippen molar-refractivity contribution in [2.45, 2.75) is 77.6 Å². The molecule has 0 saturated heterocycles. The van der Waals surface area contributed by atoms with Crippen LogP contribution >= 0.6 is 0 Å².